The van der Waals surface area contributed by atoms with Gasteiger partial charge in [0.05, 0.1) is 0 Å². The van der Waals surface area contributed by atoms with Crippen LogP contribution < -0.4 is 0 Å². The lowest BCUT2D eigenvalue weighted by atomic mass is 9.92. The zero-order chi connectivity index (χ0) is 15.1. The fourth-order valence-corrected chi connectivity index (χ4v) is 1.54. The summed E-state index contributed by atoms with van der Waals surface area (Å²) in [6, 6.07) is 0. The Labute approximate surface area is 132 Å². The molecule has 0 nitrogen and oxygen atoms in total. The minimum atomic E-state index is 0. The largest absolute Gasteiger partial charge is 0.100 e. The predicted molar refractivity (Wildman–Crippen MR) is 103 cm³/mol. The van der Waals surface area contributed by atoms with Gasteiger partial charge in [-0.3, -0.25) is 0 Å². The molecule has 0 spiro atoms. The van der Waals surface area contributed by atoms with Gasteiger partial charge in [0.1, 0.15) is 0 Å². The minimum absolute atomic E-state index is 0. The van der Waals surface area contributed by atoms with Crippen molar-refractivity contribution in [3.63, 3.8) is 0 Å². The highest BCUT2D eigenvalue weighted by molar-refractivity contribution is 5.30. The summed E-state index contributed by atoms with van der Waals surface area (Å²) in [5.41, 5.74) is 5.85. The van der Waals surface area contributed by atoms with Gasteiger partial charge in [-0.2, -0.15) is 0 Å². The summed E-state index contributed by atoms with van der Waals surface area (Å²) in [6.45, 7) is 22.2. The Kier molecular flexibility index (Phi) is 36.8. The smallest absolute Gasteiger partial charge is 0.0277 e. The van der Waals surface area contributed by atoms with E-state index < -0.39 is 0 Å². The molecule has 1 aliphatic carbocycles. The van der Waals surface area contributed by atoms with Crippen LogP contribution in [0.15, 0.2) is 34.9 Å². The van der Waals surface area contributed by atoms with Crippen LogP contribution in [0.25, 0.3) is 0 Å². The first-order chi connectivity index (χ1) is 8.47. The van der Waals surface area contributed by atoms with Crippen molar-refractivity contribution in [2.45, 2.75) is 96.4 Å². The summed E-state index contributed by atoms with van der Waals surface area (Å²) in [5.74, 6) is 0. The van der Waals surface area contributed by atoms with E-state index >= 15 is 0 Å². The average Bonchev–Trinajstić information content (AvgIpc) is 2.34. The number of rotatable bonds is 1. The number of hydrogen-bond donors (Lipinski definition) is 0. The van der Waals surface area contributed by atoms with E-state index in [0.29, 0.717) is 0 Å². The first-order valence-corrected chi connectivity index (χ1v) is 7.45. The molecule has 0 bridgehead atoms. The lowest BCUT2D eigenvalue weighted by molar-refractivity contribution is 0.839. The van der Waals surface area contributed by atoms with Crippen LogP contribution in [0.3, 0.4) is 0 Å². The molecule has 0 N–H and O–H groups in total. The molecule has 0 heterocycles. The van der Waals surface area contributed by atoms with Crippen molar-refractivity contribution in [2.24, 2.45) is 0 Å². The molecule has 0 amide bonds. The quantitative estimate of drug-likeness (QED) is 0.424. The molecule has 0 saturated carbocycles. The van der Waals surface area contributed by atoms with E-state index in [0.717, 1.165) is 0 Å². The van der Waals surface area contributed by atoms with Gasteiger partial charge in [0.2, 0.25) is 0 Å². The highest BCUT2D eigenvalue weighted by Gasteiger charge is 2.04. The van der Waals surface area contributed by atoms with Gasteiger partial charge in [0.15, 0.2) is 0 Å². The summed E-state index contributed by atoms with van der Waals surface area (Å²) < 4.78 is 0. The Morgan fingerprint density at radius 2 is 1.35 bits per heavy atom. The fraction of sp³-hybridized carbons (Fsp3) is 0.700. The molecule has 0 atom stereocenters. The molecular weight excluding hydrogens is 240 g/mol. The molecule has 0 aliphatic heterocycles. The third-order valence-electron chi connectivity index (χ3n) is 2.27. The summed E-state index contributed by atoms with van der Waals surface area (Å²) in [4.78, 5) is 0. The fourth-order valence-electron chi connectivity index (χ4n) is 1.54. The average molecular weight is 285 g/mol. The van der Waals surface area contributed by atoms with Crippen LogP contribution >= 0.6 is 0 Å². The van der Waals surface area contributed by atoms with Crippen molar-refractivity contribution >= 4 is 0 Å². The van der Waals surface area contributed by atoms with Crippen LogP contribution in [0.5, 0.6) is 0 Å². The summed E-state index contributed by atoms with van der Waals surface area (Å²) in [7, 11) is 0. The molecule has 0 radical (unpaired) electrons. The van der Waals surface area contributed by atoms with E-state index in [-0.39, 0.29) is 14.9 Å². The second kappa shape index (κ2) is 23.3. The third-order valence-corrected chi connectivity index (χ3v) is 2.27. The molecule has 1 rings (SSSR count). The minimum Gasteiger partial charge on any atom is -0.100 e. The predicted octanol–water partition coefficient (Wildman–Crippen LogP) is 8.36. The lowest BCUT2D eigenvalue weighted by Crippen LogP contribution is -1.94. The van der Waals surface area contributed by atoms with Crippen LogP contribution in [0.1, 0.15) is 96.4 Å². The molecule has 0 heteroatoms. The summed E-state index contributed by atoms with van der Waals surface area (Å²) >= 11 is 0. The maximum Gasteiger partial charge on any atom is -0.0277 e. The Morgan fingerprint density at radius 1 is 1.00 bits per heavy atom. The Hall–Kier alpha value is -0.780. The second-order valence-electron chi connectivity index (χ2n) is 4.34. The third kappa shape index (κ3) is 22.4. The van der Waals surface area contributed by atoms with Crippen molar-refractivity contribution in [1.82, 2.24) is 0 Å². The first-order valence-electron chi connectivity index (χ1n) is 7.45. The van der Waals surface area contributed by atoms with E-state index in [1.165, 1.54) is 36.0 Å². The maximum absolute atomic E-state index is 3.56. The first kappa shape index (κ1) is 31.6. The standard InChI is InChI=1S/C10H16.C4H8.2C2H6.2CH4/c1-4-10-6-5-8(2)7-9(10)3;1-4(2)3;2*1-2;;/h7H,4-6H2,1-3H3;1H2,2-3H3;2*1-2H3;2*1H4. The van der Waals surface area contributed by atoms with Crippen LogP contribution in [-0.2, 0) is 0 Å². The lowest BCUT2D eigenvalue weighted by Gasteiger charge is -2.14. The molecule has 0 saturated heterocycles. The van der Waals surface area contributed by atoms with Gasteiger partial charge in [-0.25, -0.2) is 0 Å². The summed E-state index contributed by atoms with van der Waals surface area (Å²) in [5, 5.41) is 0. The highest BCUT2D eigenvalue weighted by atomic mass is 14.1. The van der Waals surface area contributed by atoms with Crippen molar-refractivity contribution < 1.29 is 0 Å². The SMILES string of the molecule is C.C.C=C(C)C.CC.CC.CCC1=C(C)C=C(C)CC1. The van der Waals surface area contributed by atoms with Gasteiger partial charge >= 0.3 is 0 Å². The van der Waals surface area contributed by atoms with Gasteiger partial charge in [-0.1, -0.05) is 77.8 Å². The molecule has 1 aliphatic rings. The Morgan fingerprint density at radius 3 is 1.60 bits per heavy atom. The Bertz CT molecular complexity index is 247. The summed E-state index contributed by atoms with van der Waals surface area (Å²) in [6.07, 6.45) is 6.13. The zero-order valence-corrected chi connectivity index (χ0v) is 14.4. The second-order valence-corrected chi connectivity index (χ2v) is 4.34. The van der Waals surface area contributed by atoms with Crippen LogP contribution in [0.2, 0.25) is 0 Å². The van der Waals surface area contributed by atoms with Crippen LogP contribution in [0.4, 0.5) is 0 Å². The normalized spacial score (nSPS) is 11.6. The Balaban J connectivity index is -0.0000000649. The topological polar surface area (TPSA) is 0 Å². The van der Waals surface area contributed by atoms with Crippen molar-refractivity contribution in [2.75, 3.05) is 0 Å². The van der Waals surface area contributed by atoms with E-state index in [2.05, 4.69) is 33.4 Å². The number of allylic oxidation sites excluding steroid dienone is 5. The van der Waals surface area contributed by atoms with Gasteiger partial charge in [0, 0.05) is 0 Å². The molecule has 0 unspecified atom stereocenters. The van der Waals surface area contributed by atoms with Gasteiger partial charge < -0.3 is 0 Å². The van der Waals surface area contributed by atoms with Gasteiger partial charge in [0.25, 0.3) is 0 Å². The maximum atomic E-state index is 3.56. The molecule has 20 heavy (non-hydrogen) atoms. The van der Waals surface area contributed by atoms with Crippen molar-refractivity contribution in [1.29, 1.82) is 0 Å². The zero-order valence-electron chi connectivity index (χ0n) is 14.4. The molecular formula is C20H44. The highest BCUT2D eigenvalue weighted by Crippen LogP contribution is 2.24. The monoisotopic (exact) mass is 284 g/mol. The van der Waals surface area contributed by atoms with Crippen LogP contribution in [-0.4, -0.2) is 0 Å². The van der Waals surface area contributed by atoms with Gasteiger partial charge in [-0.15, -0.1) is 6.58 Å². The molecule has 0 aromatic heterocycles. The molecule has 0 fully saturated rings. The van der Waals surface area contributed by atoms with E-state index in [1.807, 2.05) is 41.5 Å². The van der Waals surface area contributed by atoms with Crippen molar-refractivity contribution in [3.8, 4) is 0 Å². The van der Waals surface area contributed by atoms with E-state index in [4.69, 9.17) is 0 Å². The van der Waals surface area contributed by atoms with Crippen molar-refractivity contribution in [3.05, 3.63) is 34.9 Å². The molecule has 0 aromatic carbocycles. The van der Waals surface area contributed by atoms with E-state index in [1.54, 1.807) is 5.57 Å². The molecule has 0 aromatic rings. The number of hydrogen-bond acceptors (Lipinski definition) is 0. The molecule has 124 valence electrons. The van der Waals surface area contributed by atoms with E-state index in [9.17, 15) is 0 Å². The van der Waals surface area contributed by atoms with Gasteiger partial charge in [-0.05, 0) is 47.0 Å². The van der Waals surface area contributed by atoms with Crippen LogP contribution in [0, 0.1) is 0 Å².